The largest absolute Gasteiger partial charge is 0.341 e. The summed E-state index contributed by atoms with van der Waals surface area (Å²) >= 11 is 6.16. The monoisotopic (exact) mass is 700 g/mol. The predicted molar refractivity (Wildman–Crippen MR) is 194 cm³/mol. The molecule has 1 saturated carbocycles. The number of hydrogen-bond donors (Lipinski definition) is 0. The van der Waals surface area contributed by atoms with E-state index >= 15 is 0 Å². The molecule has 3 fully saturated rings. The second-order valence-corrected chi connectivity index (χ2v) is 16.0. The van der Waals surface area contributed by atoms with Gasteiger partial charge in [-0.05, 0) is 79.3 Å². The standard InChI is InChI=1S/C20H24ClN5O.C16H18FN5O/c1-19(2)8-13-9-20(3,10-19)11-25(13)18-23-22-17-24(4)16(27)14-7-12(21)5-6-15(14)26(17)18;1-20-14(23)12-10-11(17)6-7-13(12)22-15(20)18-19-16(22)21-8-4-2-3-5-9-21/h5-7,13H,8-11H2,1-4H3;6-7,10H,2-5,8-9H2,1H3. The van der Waals surface area contributed by atoms with Gasteiger partial charge in [0, 0.05) is 44.8 Å². The van der Waals surface area contributed by atoms with Crippen LogP contribution in [0.3, 0.4) is 0 Å². The first-order valence-electron chi connectivity index (χ1n) is 17.4. The summed E-state index contributed by atoms with van der Waals surface area (Å²) in [5.41, 5.74) is 1.71. The van der Waals surface area contributed by atoms with Gasteiger partial charge in [0.05, 0.1) is 21.8 Å². The second kappa shape index (κ2) is 11.8. The normalized spacial score (nSPS) is 22.0. The molecule has 12 nitrogen and oxygen atoms in total. The molecule has 6 heterocycles. The van der Waals surface area contributed by atoms with Gasteiger partial charge in [0.1, 0.15) is 5.82 Å². The summed E-state index contributed by atoms with van der Waals surface area (Å²) in [4.78, 5) is 29.8. The summed E-state index contributed by atoms with van der Waals surface area (Å²) in [5.74, 6) is 2.19. The quantitative estimate of drug-likeness (QED) is 0.225. The van der Waals surface area contributed by atoms with Crippen molar-refractivity contribution >= 4 is 56.9 Å². The van der Waals surface area contributed by atoms with Crippen molar-refractivity contribution in [2.45, 2.75) is 71.8 Å². The lowest BCUT2D eigenvalue weighted by molar-refractivity contribution is 0.136. The SMILES string of the molecule is Cn1c(=O)c2cc(Cl)ccc2n2c(N3CC4(C)CC3CC(C)(C)C4)nnc12.Cn1c(=O)c2cc(F)ccc2n2c(N3CCCCCC3)nnc12. The van der Waals surface area contributed by atoms with Crippen molar-refractivity contribution < 1.29 is 4.39 Å². The Morgan fingerprint density at radius 2 is 1.34 bits per heavy atom. The number of nitrogens with zero attached hydrogens (tertiary/aromatic N) is 10. The maximum Gasteiger partial charge on any atom is 0.262 e. The summed E-state index contributed by atoms with van der Waals surface area (Å²) in [5, 5.41) is 18.9. The van der Waals surface area contributed by atoms with Crippen LogP contribution in [0.25, 0.3) is 33.4 Å². The van der Waals surface area contributed by atoms with Crippen molar-refractivity contribution in [3.63, 3.8) is 0 Å². The van der Waals surface area contributed by atoms with Gasteiger partial charge in [0.15, 0.2) is 0 Å². The van der Waals surface area contributed by atoms with Crippen molar-refractivity contribution in [3.05, 3.63) is 67.9 Å². The highest BCUT2D eigenvalue weighted by Crippen LogP contribution is 2.53. The van der Waals surface area contributed by atoms with Gasteiger partial charge in [-0.15, -0.1) is 20.4 Å². The van der Waals surface area contributed by atoms with Crippen LogP contribution >= 0.6 is 11.6 Å². The molecule has 4 aromatic heterocycles. The zero-order valence-corrected chi connectivity index (χ0v) is 29.9. The first-order chi connectivity index (χ1) is 23.8. The molecule has 3 aliphatic rings. The molecule has 9 rings (SSSR count). The molecule has 2 aromatic carbocycles. The molecule has 6 aromatic rings. The maximum absolute atomic E-state index is 13.6. The Bertz CT molecular complexity index is 2420. The Hall–Kier alpha value is -4.52. The molecule has 0 radical (unpaired) electrons. The summed E-state index contributed by atoms with van der Waals surface area (Å²) in [7, 11) is 3.38. The molecule has 0 amide bonds. The Labute approximate surface area is 293 Å². The maximum atomic E-state index is 13.6. The van der Waals surface area contributed by atoms with E-state index in [1.54, 1.807) is 30.8 Å². The molecule has 50 heavy (non-hydrogen) atoms. The summed E-state index contributed by atoms with van der Waals surface area (Å²) in [6, 6.07) is 10.2. The average Bonchev–Trinajstić information content (AvgIpc) is 3.69. The molecule has 14 heteroatoms. The first-order valence-corrected chi connectivity index (χ1v) is 17.8. The topological polar surface area (TPSA) is 111 Å². The number of hydrogen-bond acceptors (Lipinski definition) is 8. The molecule has 2 unspecified atom stereocenters. The third-order valence-electron chi connectivity index (χ3n) is 10.9. The molecule has 2 saturated heterocycles. The minimum absolute atomic E-state index is 0.104. The van der Waals surface area contributed by atoms with Crippen LogP contribution in [0.15, 0.2) is 46.0 Å². The van der Waals surface area contributed by atoms with Gasteiger partial charge in [-0.1, -0.05) is 45.2 Å². The zero-order valence-electron chi connectivity index (χ0n) is 29.2. The number of halogens is 2. The fraction of sp³-hybridized carbons (Fsp3) is 0.500. The minimum Gasteiger partial charge on any atom is -0.341 e. The molecule has 2 atom stereocenters. The minimum atomic E-state index is -0.418. The average molecular weight is 701 g/mol. The molecule has 0 N–H and O–H groups in total. The highest BCUT2D eigenvalue weighted by Gasteiger charge is 2.50. The second-order valence-electron chi connectivity index (χ2n) is 15.6. The van der Waals surface area contributed by atoms with Gasteiger partial charge < -0.3 is 9.80 Å². The molecule has 2 bridgehead atoms. The number of anilines is 2. The van der Waals surface area contributed by atoms with Crippen LogP contribution in [0.4, 0.5) is 16.3 Å². The predicted octanol–water partition coefficient (Wildman–Crippen LogP) is 5.74. The van der Waals surface area contributed by atoms with Crippen molar-refractivity contribution in [1.29, 1.82) is 0 Å². The van der Waals surface area contributed by atoms with Gasteiger partial charge in [0.2, 0.25) is 23.5 Å². The lowest BCUT2D eigenvalue weighted by Crippen LogP contribution is -2.35. The van der Waals surface area contributed by atoms with Gasteiger partial charge in [-0.25, -0.2) is 13.2 Å². The Kier molecular flexibility index (Phi) is 7.70. The van der Waals surface area contributed by atoms with Gasteiger partial charge in [-0.2, -0.15) is 0 Å². The van der Waals surface area contributed by atoms with Crippen LogP contribution in [0.5, 0.6) is 0 Å². The summed E-state index contributed by atoms with van der Waals surface area (Å²) < 4.78 is 20.4. The van der Waals surface area contributed by atoms with Crippen LogP contribution in [0.1, 0.15) is 65.7 Å². The first kappa shape index (κ1) is 32.7. The zero-order chi connectivity index (χ0) is 35.1. The van der Waals surface area contributed by atoms with E-state index in [0.717, 1.165) is 56.3 Å². The lowest BCUT2D eigenvalue weighted by Gasteiger charge is -2.39. The van der Waals surface area contributed by atoms with E-state index in [2.05, 4.69) is 51.0 Å². The van der Waals surface area contributed by atoms with Crippen LogP contribution in [-0.2, 0) is 14.1 Å². The van der Waals surface area contributed by atoms with Crippen molar-refractivity contribution in [2.75, 3.05) is 29.4 Å². The van der Waals surface area contributed by atoms with Crippen molar-refractivity contribution in [1.82, 2.24) is 38.3 Å². The van der Waals surface area contributed by atoms with E-state index < -0.39 is 5.82 Å². The molecule has 262 valence electrons. The number of aryl methyl sites for hydroxylation is 2. The fourth-order valence-corrected chi connectivity index (χ4v) is 9.22. The number of fused-ring (bicyclic) bond motifs is 8. The number of benzene rings is 2. The van der Waals surface area contributed by atoms with E-state index in [-0.39, 0.29) is 16.5 Å². The molecule has 2 aliphatic heterocycles. The van der Waals surface area contributed by atoms with Gasteiger partial charge in [0.25, 0.3) is 11.1 Å². The van der Waals surface area contributed by atoms with Crippen LogP contribution in [0, 0.1) is 16.6 Å². The Morgan fingerprint density at radius 3 is 2.00 bits per heavy atom. The van der Waals surface area contributed by atoms with Gasteiger partial charge in [-0.3, -0.25) is 18.7 Å². The molecular weight excluding hydrogens is 659 g/mol. The lowest BCUT2D eigenvalue weighted by atomic mass is 9.65. The molecule has 0 spiro atoms. The van der Waals surface area contributed by atoms with Crippen molar-refractivity contribution in [3.8, 4) is 0 Å². The van der Waals surface area contributed by atoms with E-state index in [9.17, 15) is 14.0 Å². The summed E-state index contributed by atoms with van der Waals surface area (Å²) in [6.45, 7) is 9.93. The van der Waals surface area contributed by atoms with E-state index in [4.69, 9.17) is 11.6 Å². The van der Waals surface area contributed by atoms with Crippen LogP contribution in [0.2, 0.25) is 5.02 Å². The highest BCUT2D eigenvalue weighted by atomic mass is 35.5. The van der Waals surface area contributed by atoms with E-state index in [1.807, 2.05) is 20.9 Å². The van der Waals surface area contributed by atoms with Crippen LogP contribution < -0.4 is 20.9 Å². The van der Waals surface area contributed by atoms with Crippen molar-refractivity contribution in [2.24, 2.45) is 24.9 Å². The fourth-order valence-electron chi connectivity index (χ4n) is 9.05. The third kappa shape index (κ3) is 5.32. The Balaban J connectivity index is 0.000000146. The number of aromatic nitrogens is 8. The van der Waals surface area contributed by atoms with E-state index in [1.165, 1.54) is 42.4 Å². The van der Waals surface area contributed by atoms with Gasteiger partial charge >= 0.3 is 0 Å². The smallest absolute Gasteiger partial charge is 0.262 e. The third-order valence-corrected chi connectivity index (χ3v) is 11.1. The van der Waals surface area contributed by atoms with Crippen LogP contribution in [-0.4, -0.2) is 64.0 Å². The van der Waals surface area contributed by atoms with E-state index in [0.29, 0.717) is 44.3 Å². The molecule has 1 aliphatic carbocycles. The highest BCUT2D eigenvalue weighted by molar-refractivity contribution is 6.31. The molecular formula is C36H42ClFN10O2. The summed E-state index contributed by atoms with van der Waals surface area (Å²) in [6.07, 6.45) is 8.22. The number of rotatable bonds is 2. The Morgan fingerprint density at radius 1 is 0.760 bits per heavy atom.